The zero-order valence-electron chi connectivity index (χ0n) is 15.4. The first kappa shape index (κ1) is 18.7. The first-order valence-corrected chi connectivity index (χ1v) is 9.01. The molecule has 3 rings (SSSR count). The molecule has 0 radical (unpaired) electrons. The van der Waals surface area contributed by atoms with Crippen LogP contribution in [-0.4, -0.2) is 24.0 Å². The van der Waals surface area contributed by atoms with Crippen LogP contribution >= 0.6 is 0 Å². The van der Waals surface area contributed by atoms with Gasteiger partial charge in [-0.25, -0.2) is 0 Å². The summed E-state index contributed by atoms with van der Waals surface area (Å²) in [5.74, 6) is 0.486. The van der Waals surface area contributed by atoms with Crippen LogP contribution < -0.4 is 15.4 Å². The third kappa shape index (κ3) is 4.55. The van der Waals surface area contributed by atoms with Gasteiger partial charge < -0.3 is 15.4 Å². The van der Waals surface area contributed by atoms with Crippen LogP contribution in [0.1, 0.15) is 48.1 Å². The van der Waals surface area contributed by atoms with Gasteiger partial charge in [-0.2, -0.15) is 0 Å². The zero-order valence-corrected chi connectivity index (χ0v) is 15.4. The lowest BCUT2D eigenvalue weighted by molar-refractivity contribution is -0.384. The number of rotatable bonds is 8. The van der Waals surface area contributed by atoms with Crippen molar-refractivity contribution < 1.29 is 14.5 Å². The average Bonchev–Trinajstić information content (AvgIpc) is 3.50. The Bertz CT molecular complexity index is 832. The zero-order chi connectivity index (χ0) is 19.4. The molecule has 1 unspecified atom stereocenters. The summed E-state index contributed by atoms with van der Waals surface area (Å²) in [6, 6.07) is 12.3. The van der Waals surface area contributed by atoms with Crippen molar-refractivity contribution in [3.63, 3.8) is 0 Å². The Morgan fingerprint density at radius 3 is 2.52 bits per heavy atom. The first-order chi connectivity index (χ1) is 13.0. The van der Waals surface area contributed by atoms with Gasteiger partial charge in [-0.05, 0) is 49.1 Å². The maximum absolute atomic E-state index is 12.2. The second kappa shape index (κ2) is 8.07. The van der Waals surface area contributed by atoms with Crippen LogP contribution in [0, 0.1) is 10.1 Å². The van der Waals surface area contributed by atoms with Crippen LogP contribution in [0.5, 0.6) is 5.75 Å². The number of nitrogens with zero attached hydrogens (tertiary/aromatic N) is 1. The summed E-state index contributed by atoms with van der Waals surface area (Å²) in [5.41, 5.74) is 1.59. The van der Waals surface area contributed by atoms with Gasteiger partial charge in [-0.15, -0.1) is 0 Å². The molecule has 1 aliphatic rings. The largest absolute Gasteiger partial charge is 0.497 e. The molecule has 0 bridgehead atoms. The molecule has 0 aliphatic heterocycles. The second-order valence-electron chi connectivity index (χ2n) is 6.62. The molecule has 1 aliphatic carbocycles. The number of methoxy groups -OCH3 is 1. The molecule has 1 fully saturated rings. The summed E-state index contributed by atoms with van der Waals surface area (Å²) in [6.07, 6.45) is 2.68. The molecule has 142 valence electrons. The monoisotopic (exact) mass is 369 g/mol. The standard InChI is InChI=1S/C20H23N3O4/c1-3-17(13-4-9-16(27-2)10-5-13)22-18-11-6-14(12-19(18)23(25)26)20(24)21-15-7-8-15/h4-6,9-12,15,17,22H,3,7-8H2,1-2H3,(H,21,24). The highest BCUT2D eigenvalue weighted by atomic mass is 16.6. The highest BCUT2D eigenvalue weighted by molar-refractivity contribution is 5.96. The van der Waals surface area contributed by atoms with Gasteiger partial charge in [-0.1, -0.05) is 19.1 Å². The van der Waals surface area contributed by atoms with Crippen molar-refractivity contribution >= 4 is 17.3 Å². The van der Waals surface area contributed by atoms with Gasteiger partial charge in [0.25, 0.3) is 11.6 Å². The first-order valence-electron chi connectivity index (χ1n) is 9.01. The number of amides is 1. The molecule has 0 heterocycles. The molecule has 2 aromatic carbocycles. The molecule has 27 heavy (non-hydrogen) atoms. The van der Waals surface area contributed by atoms with Crippen molar-refractivity contribution in [3.8, 4) is 5.75 Å². The quantitative estimate of drug-likeness (QED) is 0.541. The van der Waals surface area contributed by atoms with E-state index in [2.05, 4.69) is 10.6 Å². The van der Waals surface area contributed by atoms with Crippen LogP contribution in [0.2, 0.25) is 0 Å². The molecular weight excluding hydrogens is 346 g/mol. The Morgan fingerprint density at radius 1 is 1.26 bits per heavy atom. The van der Waals surface area contributed by atoms with E-state index in [0.717, 1.165) is 30.6 Å². The summed E-state index contributed by atoms with van der Waals surface area (Å²) in [7, 11) is 1.61. The Morgan fingerprint density at radius 2 is 1.96 bits per heavy atom. The molecule has 7 nitrogen and oxygen atoms in total. The van der Waals surface area contributed by atoms with E-state index in [1.165, 1.54) is 6.07 Å². The van der Waals surface area contributed by atoms with Crippen LogP contribution in [0.3, 0.4) is 0 Å². The fourth-order valence-electron chi connectivity index (χ4n) is 2.89. The van der Waals surface area contributed by atoms with Gasteiger partial charge in [0.05, 0.1) is 18.1 Å². The van der Waals surface area contributed by atoms with Gasteiger partial charge in [-0.3, -0.25) is 14.9 Å². The van der Waals surface area contributed by atoms with Gasteiger partial charge in [0.15, 0.2) is 0 Å². The van der Waals surface area contributed by atoms with Gasteiger partial charge >= 0.3 is 0 Å². The van der Waals surface area contributed by atoms with E-state index in [4.69, 9.17) is 4.74 Å². The highest BCUT2D eigenvalue weighted by Gasteiger charge is 2.25. The molecule has 0 aromatic heterocycles. The van der Waals surface area contributed by atoms with E-state index < -0.39 is 4.92 Å². The van der Waals surface area contributed by atoms with E-state index >= 15 is 0 Å². The molecule has 2 N–H and O–H groups in total. The lowest BCUT2D eigenvalue weighted by Gasteiger charge is -2.19. The number of benzene rings is 2. The third-order valence-electron chi connectivity index (χ3n) is 4.63. The number of anilines is 1. The fraction of sp³-hybridized carbons (Fsp3) is 0.350. The van der Waals surface area contributed by atoms with Crippen molar-refractivity contribution in [1.29, 1.82) is 0 Å². The smallest absolute Gasteiger partial charge is 0.293 e. The molecule has 2 aromatic rings. The minimum atomic E-state index is -0.461. The van der Waals surface area contributed by atoms with Crippen LogP contribution in [0.25, 0.3) is 0 Å². The summed E-state index contributed by atoms with van der Waals surface area (Å²) in [6.45, 7) is 2.01. The van der Waals surface area contributed by atoms with Crippen LogP contribution in [-0.2, 0) is 0 Å². The van der Waals surface area contributed by atoms with E-state index in [-0.39, 0.29) is 23.7 Å². The molecular formula is C20H23N3O4. The Labute approximate surface area is 157 Å². The number of carbonyl (C=O) groups excluding carboxylic acids is 1. The van der Waals surface area contributed by atoms with Gasteiger partial charge in [0.1, 0.15) is 11.4 Å². The number of carbonyl (C=O) groups is 1. The summed E-state index contributed by atoms with van der Waals surface area (Å²) in [5, 5.41) is 17.6. The summed E-state index contributed by atoms with van der Waals surface area (Å²) < 4.78 is 5.17. The van der Waals surface area contributed by atoms with E-state index in [1.54, 1.807) is 19.2 Å². The number of hydrogen-bond donors (Lipinski definition) is 2. The number of ether oxygens (including phenoxy) is 1. The van der Waals surface area contributed by atoms with Gasteiger partial charge in [0, 0.05) is 17.7 Å². The fourth-order valence-corrected chi connectivity index (χ4v) is 2.89. The second-order valence-corrected chi connectivity index (χ2v) is 6.62. The van der Waals surface area contributed by atoms with Crippen molar-refractivity contribution in [2.24, 2.45) is 0 Å². The normalized spacial score (nSPS) is 14.3. The van der Waals surface area contributed by atoms with E-state index in [0.29, 0.717) is 11.3 Å². The number of hydrogen-bond acceptors (Lipinski definition) is 5. The minimum Gasteiger partial charge on any atom is -0.497 e. The number of nitro groups is 1. The van der Waals surface area contributed by atoms with Crippen molar-refractivity contribution in [2.45, 2.75) is 38.3 Å². The molecule has 1 atom stereocenters. The maximum atomic E-state index is 12.2. The van der Waals surface area contributed by atoms with Crippen molar-refractivity contribution in [3.05, 3.63) is 63.7 Å². The predicted molar refractivity (Wildman–Crippen MR) is 103 cm³/mol. The lowest BCUT2D eigenvalue weighted by Crippen LogP contribution is -2.25. The van der Waals surface area contributed by atoms with Crippen LogP contribution in [0.4, 0.5) is 11.4 Å². The summed E-state index contributed by atoms with van der Waals surface area (Å²) >= 11 is 0. The average molecular weight is 369 g/mol. The van der Waals surface area contributed by atoms with Crippen molar-refractivity contribution in [2.75, 3.05) is 12.4 Å². The minimum absolute atomic E-state index is 0.0965. The van der Waals surface area contributed by atoms with E-state index in [1.807, 2.05) is 31.2 Å². The van der Waals surface area contributed by atoms with Crippen LogP contribution in [0.15, 0.2) is 42.5 Å². The Balaban J connectivity index is 1.82. The lowest BCUT2D eigenvalue weighted by atomic mass is 10.0. The Hall–Kier alpha value is -3.09. The Kier molecular flexibility index (Phi) is 5.59. The van der Waals surface area contributed by atoms with E-state index in [9.17, 15) is 14.9 Å². The van der Waals surface area contributed by atoms with Crippen molar-refractivity contribution in [1.82, 2.24) is 5.32 Å². The third-order valence-corrected chi connectivity index (χ3v) is 4.63. The maximum Gasteiger partial charge on any atom is 0.293 e. The molecule has 1 saturated carbocycles. The molecule has 0 saturated heterocycles. The topological polar surface area (TPSA) is 93.5 Å². The molecule has 1 amide bonds. The number of nitro benzene ring substituents is 1. The molecule has 7 heteroatoms. The van der Waals surface area contributed by atoms with Gasteiger partial charge in [0.2, 0.25) is 0 Å². The SMILES string of the molecule is CCC(Nc1ccc(C(=O)NC2CC2)cc1[N+](=O)[O-])c1ccc(OC)cc1. The summed E-state index contributed by atoms with van der Waals surface area (Å²) in [4.78, 5) is 23.3. The number of nitrogens with one attached hydrogen (secondary N) is 2. The predicted octanol–water partition coefficient (Wildman–Crippen LogP) is 4.06. The molecule has 0 spiro atoms. The highest BCUT2D eigenvalue weighted by Crippen LogP contribution is 2.31.